The van der Waals surface area contributed by atoms with E-state index in [0.717, 1.165) is 11.8 Å². The molecule has 0 fully saturated rings. The van der Waals surface area contributed by atoms with Gasteiger partial charge in [-0.15, -0.1) is 0 Å². The number of primary amides is 1. The zero-order valence-electron chi connectivity index (χ0n) is 5.53. The Kier molecular flexibility index (Phi) is 5.68. The molecule has 4 nitrogen and oxygen atoms in total. The second-order valence-corrected chi connectivity index (χ2v) is 2.70. The standard InChI is InChI=1S/C5H7ClN2O2S/c6-2-1-3-11-5(8-10)4(7)9/h1-2,10H,3H2,(H2,7,9)/b2-1+,8-5-. The highest BCUT2D eigenvalue weighted by Crippen LogP contribution is 2.03. The molecule has 3 N–H and O–H groups in total. The molecule has 0 atom stereocenters. The predicted molar refractivity (Wildman–Crippen MR) is 45.9 cm³/mol. The molecule has 0 radical (unpaired) electrons. The summed E-state index contributed by atoms with van der Waals surface area (Å²) in [4.78, 5) is 10.4. The molecule has 0 aromatic carbocycles. The minimum Gasteiger partial charge on any atom is -0.410 e. The van der Waals surface area contributed by atoms with Crippen LogP contribution in [0.5, 0.6) is 0 Å². The molecular weight excluding hydrogens is 188 g/mol. The van der Waals surface area contributed by atoms with Crippen LogP contribution in [0.1, 0.15) is 0 Å². The normalized spacial score (nSPS) is 12.3. The molecule has 0 heterocycles. The fourth-order valence-electron chi connectivity index (χ4n) is 0.313. The molecule has 6 heteroatoms. The molecule has 0 aliphatic carbocycles. The van der Waals surface area contributed by atoms with Gasteiger partial charge in [-0.05, 0) is 0 Å². The number of amides is 1. The van der Waals surface area contributed by atoms with Crippen LogP contribution < -0.4 is 5.73 Å². The fraction of sp³-hybridized carbons (Fsp3) is 0.200. The van der Waals surface area contributed by atoms with Crippen molar-refractivity contribution < 1.29 is 10.0 Å². The maximum absolute atomic E-state index is 10.4. The fourth-order valence-corrected chi connectivity index (χ4v) is 1.06. The van der Waals surface area contributed by atoms with Gasteiger partial charge >= 0.3 is 0 Å². The Morgan fingerprint density at radius 3 is 2.82 bits per heavy atom. The van der Waals surface area contributed by atoms with Gasteiger partial charge in [-0.2, -0.15) is 0 Å². The van der Waals surface area contributed by atoms with Gasteiger partial charge in [0.2, 0.25) is 5.04 Å². The van der Waals surface area contributed by atoms with Crippen molar-refractivity contribution in [1.82, 2.24) is 0 Å². The largest absolute Gasteiger partial charge is 0.410 e. The number of hydrogen-bond donors (Lipinski definition) is 2. The summed E-state index contributed by atoms with van der Waals surface area (Å²) in [7, 11) is 0. The maximum Gasteiger partial charge on any atom is 0.277 e. The van der Waals surface area contributed by atoms with E-state index in [1.165, 1.54) is 5.54 Å². The molecule has 0 rings (SSSR count). The molecule has 0 saturated heterocycles. The summed E-state index contributed by atoms with van der Waals surface area (Å²) >= 11 is 6.20. The Morgan fingerprint density at radius 2 is 2.45 bits per heavy atom. The van der Waals surface area contributed by atoms with E-state index in [4.69, 9.17) is 22.5 Å². The molecule has 0 aliphatic rings. The van der Waals surface area contributed by atoms with Crippen LogP contribution in [0.15, 0.2) is 16.8 Å². The first kappa shape index (κ1) is 10.3. The summed E-state index contributed by atoms with van der Waals surface area (Å²) in [5, 5.41) is 10.8. The number of rotatable bonds is 2. The van der Waals surface area contributed by atoms with Crippen LogP contribution in [0, 0.1) is 0 Å². The topological polar surface area (TPSA) is 75.7 Å². The highest BCUT2D eigenvalue weighted by atomic mass is 35.5. The first-order valence-corrected chi connectivity index (χ1v) is 4.04. The average Bonchev–Trinajstić information content (AvgIpc) is 1.97. The van der Waals surface area contributed by atoms with E-state index in [1.807, 2.05) is 0 Å². The van der Waals surface area contributed by atoms with E-state index < -0.39 is 5.91 Å². The van der Waals surface area contributed by atoms with E-state index in [2.05, 4.69) is 5.16 Å². The second kappa shape index (κ2) is 6.06. The molecule has 0 saturated carbocycles. The number of halogens is 1. The lowest BCUT2D eigenvalue weighted by atomic mass is 10.7. The Bertz CT molecular complexity index is 193. The Hall–Kier alpha value is -0.680. The summed E-state index contributed by atoms with van der Waals surface area (Å²) in [5.41, 5.74) is 6.13. The first-order valence-electron chi connectivity index (χ1n) is 2.62. The zero-order valence-corrected chi connectivity index (χ0v) is 7.10. The van der Waals surface area contributed by atoms with Gasteiger partial charge in [0.15, 0.2) is 0 Å². The van der Waals surface area contributed by atoms with Crippen LogP contribution in [-0.2, 0) is 4.79 Å². The molecule has 0 aromatic rings. The van der Waals surface area contributed by atoms with Crippen LogP contribution >= 0.6 is 23.4 Å². The Labute approximate surface area is 73.1 Å². The molecule has 0 bridgehead atoms. The molecule has 0 unspecified atom stereocenters. The van der Waals surface area contributed by atoms with Gasteiger partial charge in [0.1, 0.15) is 0 Å². The molecule has 62 valence electrons. The van der Waals surface area contributed by atoms with Crippen molar-refractivity contribution >= 4 is 34.3 Å². The van der Waals surface area contributed by atoms with Crippen molar-refractivity contribution in [3.8, 4) is 0 Å². The predicted octanol–water partition coefficient (Wildman–Crippen LogP) is 0.745. The molecule has 11 heavy (non-hydrogen) atoms. The van der Waals surface area contributed by atoms with Gasteiger partial charge in [0.25, 0.3) is 5.91 Å². The number of hydrogen-bond acceptors (Lipinski definition) is 4. The van der Waals surface area contributed by atoms with E-state index in [-0.39, 0.29) is 5.04 Å². The lowest BCUT2D eigenvalue weighted by Crippen LogP contribution is -2.20. The maximum atomic E-state index is 10.4. The number of oxime groups is 1. The molecule has 0 aliphatic heterocycles. The SMILES string of the molecule is NC(=O)/C(=N/O)SC/C=C/Cl. The van der Waals surface area contributed by atoms with E-state index in [0.29, 0.717) is 5.75 Å². The quantitative estimate of drug-likeness (QED) is 0.295. The third kappa shape index (κ3) is 4.69. The number of nitrogens with two attached hydrogens (primary N) is 1. The van der Waals surface area contributed by atoms with Gasteiger partial charge < -0.3 is 10.9 Å². The monoisotopic (exact) mass is 194 g/mol. The van der Waals surface area contributed by atoms with Crippen LogP contribution in [-0.4, -0.2) is 21.9 Å². The summed E-state index contributed by atoms with van der Waals surface area (Å²) in [6.07, 6.45) is 1.60. The summed E-state index contributed by atoms with van der Waals surface area (Å²) in [5.74, 6) is -0.299. The van der Waals surface area contributed by atoms with Crippen molar-refractivity contribution in [2.24, 2.45) is 10.9 Å². The van der Waals surface area contributed by atoms with E-state index >= 15 is 0 Å². The van der Waals surface area contributed by atoms with Crippen LogP contribution in [0.3, 0.4) is 0 Å². The van der Waals surface area contributed by atoms with E-state index in [1.54, 1.807) is 6.08 Å². The summed E-state index contributed by atoms with van der Waals surface area (Å²) in [6.45, 7) is 0. The van der Waals surface area contributed by atoms with Gasteiger partial charge in [0, 0.05) is 11.3 Å². The van der Waals surface area contributed by atoms with Crippen molar-refractivity contribution in [3.63, 3.8) is 0 Å². The van der Waals surface area contributed by atoms with Crippen LogP contribution in [0.2, 0.25) is 0 Å². The number of carbonyl (C=O) groups excluding carboxylic acids is 1. The third-order valence-electron chi connectivity index (χ3n) is 0.707. The zero-order chi connectivity index (χ0) is 8.69. The van der Waals surface area contributed by atoms with Crippen LogP contribution in [0.4, 0.5) is 0 Å². The van der Waals surface area contributed by atoms with Gasteiger partial charge in [-0.1, -0.05) is 34.6 Å². The molecule has 0 spiro atoms. The number of thioether (sulfide) groups is 1. The van der Waals surface area contributed by atoms with Gasteiger partial charge in [-0.25, -0.2) is 0 Å². The smallest absolute Gasteiger partial charge is 0.277 e. The average molecular weight is 195 g/mol. The van der Waals surface area contributed by atoms with Crippen molar-refractivity contribution in [2.75, 3.05) is 5.75 Å². The lowest BCUT2D eigenvalue weighted by molar-refractivity contribution is -0.111. The van der Waals surface area contributed by atoms with Gasteiger partial charge in [-0.3, -0.25) is 4.79 Å². The second-order valence-electron chi connectivity index (χ2n) is 1.44. The number of carbonyl (C=O) groups is 1. The summed E-state index contributed by atoms with van der Waals surface area (Å²) < 4.78 is 0. The molecular formula is C5H7ClN2O2S. The minimum atomic E-state index is -0.750. The van der Waals surface area contributed by atoms with Crippen molar-refractivity contribution in [2.45, 2.75) is 0 Å². The third-order valence-corrected chi connectivity index (χ3v) is 1.80. The van der Waals surface area contributed by atoms with Crippen molar-refractivity contribution in [3.05, 3.63) is 11.6 Å². The Balaban J connectivity index is 3.82. The molecule has 0 aromatic heterocycles. The van der Waals surface area contributed by atoms with Gasteiger partial charge in [0.05, 0.1) is 0 Å². The van der Waals surface area contributed by atoms with Crippen LogP contribution in [0.25, 0.3) is 0 Å². The summed E-state index contributed by atoms with van der Waals surface area (Å²) in [6, 6.07) is 0. The highest BCUT2D eigenvalue weighted by Gasteiger charge is 2.05. The minimum absolute atomic E-state index is 0.125. The first-order chi connectivity index (χ1) is 5.22. The van der Waals surface area contributed by atoms with Crippen molar-refractivity contribution in [1.29, 1.82) is 0 Å². The highest BCUT2D eigenvalue weighted by molar-refractivity contribution is 8.15. The number of nitrogens with zero attached hydrogens (tertiary/aromatic N) is 1. The Morgan fingerprint density at radius 1 is 1.82 bits per heavy atom. The van der Waals surface area contributed by atoms with E-state index in [9.17, 15) is 4.79 Å². The molecule has 1 amide bonds. The lowest BCUT2D eigenvalue weighted by Gasteiger charge is -1.93.